The lowest BCUT2D eigenvalue weighted by molar-refractivity contribution is 0.769. The lowest BCUT2D eigenvalue weighted by Crippen LogP contribution is -2.28. The van der Waals surface area contributed by atoms with Gasteiger partial charge in [0.15, 0.2) is 0 Å². The van der Waals surface area contributed by atoms with E-state index in [0.29, 0.717) is 0 Å². The fourth-order valence-electron chi connectivity index (χ4n) is 10.9. The topological polar surface area (TPSA) is 8.17 Å². The van der Waals surface area contributed by atoms with E-state index < -0.39 is 5.41 Å². The largest absolute Gasteiger partial charge is 0.310 e. The zero-order valence-electron chi connectivity index (χ0n) is 35.6. The van der Waals surface area contributed by atoms with Crippen LogP contribution in [0.4, 0.5) is 17.1 Å². The van der Waals surface area contributed by atoms with Crippen molar-refractivity contribution < 1.29 is 0 Å². The predicted molar refractivity (Wildman–Crippen MR) is 273 cm³/mol. The van der Waals surface area contributed by atoms with E-state index in [1.165, 1.54) is 93.5 Å². The highest BCUT2D eigenvalue weighted by molar-refractivity contribution is 6.10. The van der Waals surface area contributed by atoms with Gasteiger partial charge in [0.25, 0.3) is 0 Å². The Labute approximate surface area is 378 Å². The third-order valence-corrected chi connectivity index (χ3v) is 13.8. The Kier molecular flexibility index (Phi) is 8.47. The van der Waals surface area contributed by atoms with Gasteiger partial charge in [-0.25, -0.2) is 0 Å². The minimum Gasteiger partial charge on any atom is -0.310 e. The summed E-state index contributed by atoms with van der Waals surface area (Å²) in [6.45, 7) is 0. The summed E-state index contributed by atoms with van der Waals surface area (Å²) in [7, 11) is 0. The molecule has 0 bridgehead atoms. The molecule has 1 heterocycles. The van der Waals surface area contributed by atoms with Crippen molar-refractivity contribution in [2.24, 2.45) is 0 Å². The highest BCUT2D eigenvalue weighted by Crippen LogP contribution is 2.58. The van der Waals surface area contributed by atoms with Gasteiger partial charge in [-0.15, -0.1) is 0 Å². The number of para-hydroxylation sites is 2. The van der Waals surface area contributed by atoms with Crippen LogP contribution in [0.25, 0.3) is 71.3 Å². The molecular formula is C63H42N2. The van der Waals surface area contributed by atoms with Gasteiger partial charge in [-0.3, -0.25) is 0 Å². The predicted octanol–water partition coefficient (Wildman–Crippen LogP) is 16.6. The molecule has 0 radical (unpaired) electrons. The molecule has 304 valence electrons. The summed E-state index contributed by atoms with van der Waals surface area (Å²) in [5.41, 5.74) is 16.4. The summed E-state index contributed by atoms with van der Waals surface area (Å²) in [6, 6.07) is 94.0. The van der Waals surface area contributed by atoms with Gasteiger partial charge in [-0.2, -0.15) is 0 Å². The van der Waals surface area contributed by atoms with Gasteiger partial charge in [0.05, 0.1) is 16.4 Å². The van der Waals surface area contributed by atoms with Crippen LogP contribution in [0.5, 0.6) is 0 Å². The molecule has 0 unspecified atom stereocenters. The standard InChI is InChI=1S/C63H42N2/c1-4-20-49(21-5-1)63(50-22-6-2-7-23-50)59-41-47-19-13-12-18-46(47)39-57(59)55-36-35-54(42-60(55)63)64(53-34-30-43-16-10-11-17-45(43)38-53)52-32-28-44(29-33-52)48-31-37-62-58(40-48)56-26-14-15-27-61(56)65(62)51-24-8-3-9-25-51/h1-42H. The molecule has 1 aliphatic rings. The first-order valence-corrected chi connectivity index (χ1v) is 22.5. The first kappa shape index (κ1) is 37.1. The van der Waals surface area contributed by atoms with E-state index in [0.717, 1.165) is 17.1 Å². The molecule has 0 saturated heterocycles. The van der Waals surface area contributed by atoms with E-state index in [1.807, 2.05) is 0 Å². The van der Waals surface area contributed by atoms with Gasteiger partial charge in [-0.1, -0.05) is 176 Å². The number of hydrogen-bond donors (Lipinski definition) is 0. The molecule has 0 atom stereocenters. The number of aromatic nitrogens is 1. The monoisotopic (exact) mass is 826 g/mol. The Morgan fingerprint density at radius 1 is 0.308 bits per heavy atom. The summed E-state index contributed by atoms with van der Waals surface area (Å²) in [5.74, 6) is 0. The minimum absolute atomic E-state index is 0.547. The Bertz CT molecular complexity index is 3720. The number of nitrogens with zero attached hydrogens (tertiary/aromatic N) is 2. The highest BCUT2D eigenvalue weighted by atomic mass is 15.1. The first-order chi connectivity index (χ1) is 32.2. The lowest BCUT2D eigenvalue weighted by atomic mass is 9.67. The average Bonchev–Trinajstić information content (AvgIpc) is 3.86. The Morgan fingerprint density at radius 3 is 1.55 bits per heavy atom. The summed E-state index contributed by atoms with van der Waals surface area (Å²) < 4.78 is 2.38. The van der Waals surface area contributed by atoms with Crippen LogP contribution in [-0.4, -0.2) is 4.57 Å². The van der Waals surface area contributed by atoms with Crippen molar-refractivity contribution in [2.45, 2.75) is 5.41 Å². The summed E-state index contributed by atoms with van der Waals surface area (Å²) in [5, 5.41) is 7.42. The Balaban J connectivity index is 0.998. The minimum atomic E-state index is -0.547. The van der Waals surface area contributed by atoms with Gasteiger partial charge < -0.3 is 9.47 Å². The quantitative estimate of drug-likeness (QED) is 0.155. The third-order valence-electron chi connectivity index (χ3n) is 13.8. The molecule has 65 heavy (non-hydrogen) atoms. The fraction of sp³-hybridized carbons (Fsp3) is 0.0159. The molecule has 11 aromatic carbocycles. The fourth-order valence-corrected chi connectivity index (χ4v) is 10.9. The Morgan fingerprint density at radius 2 is 0.831 bits per heavy atom. The smallest absolute Gasteiger partial charge is 0.0714 e. The molecule has 0 fully saturated rings. The van der Waals surface area contributed by atoms with Gasteiger partial charge >= 0.3 is 0 Å². The molecule has 0 saturated carbocycles. The molecular weight excluding hydrogens is 785 g/mol. The summed E-state index contributed by atoms with van der Waals surface area (Å²) in [6.07, 6.45) is 0. The number of anilines is 3. The first-order valence-electron chi connectivity index (χ1n) is 22.5. The SMILES string of the molecule is c1ccc(-n2c3ccccc3c3cc(-c4ccc(N(c5ccc6c(c5)C(c5ccccc5)(c5ccccc5)c5cc7ccccc7cc5-6)c5ccc6ccccc6c5)cc4)ccc32)cc1. The van der Waals surface area contributed by atoms with Crippen LogP contribution >= 0.6 is 0 Å². The maximum Gasteiger partial charge on any atom is 0.0714 e. The molecule has 2 nitrogen and oxygen atoms in total. The molecule has 2 heteroatoms. The second kappa shape index (κ2) is 14.8. The third kappa shape index (κ3) is 5.81. The van der Waals surface area contributed by atoms with Gasteiger partial charge in [0.1, 0.15) is 0 Å². The van der Waals surface area contributed by atoms with Crippen molar-refractivity contribution in [1.82, 2.24) is 4.57 Å². The van der Waals surface area contributed by atoms with Crippen LogP contribution in [0.1, 0.15) is 22.3 Å². The molecule has 0 N–H and O–H groups in total. The van der Waals surface area contributed by atoms with Crippen LogP contribution in [0.2, 0.25) is 0 Å². The van der Waals surface area contributed by atoms with Crippen molar-refractivity contribution in [3.05, 3.63) is 277 Å². The Hall–Kier alpha value is -8.46. The van der Waals surface area contributed by atoms with Crippen LogP contribution in [-0.2, 0) is 5.41 Å². The molecule has 13 rings (SSSR count). The van der Waals surface area contributed by atoms with Crippen LogP contribution < -0.4 is 4.90 Å². The maximum absolute atomic E-state index is 2.47. The van der Waals surface area contributed by atoms with Crippen molar-refractivity contribution in [3.8, 4) is 27.9 Å². The molecule has 1 aromatic heterocycles. The van der Waals surface area contributed by atoms with Crippen molar-refractivity contribution in [2.75, 3.05) is 4.90 Å². The number of rotatable bonds is 7. The summed E-state index contributed by atoms with van der Waals surface area (Å²) >= 11 is 0. The zero-order chi connectivity index (χ0) is 42.9. The maximum atomic E-state index is 2.47. The van der Waals surface area contributed by atoms with Crippen LogP contribution in [0.3, 0.4) is 0 Å². The van der Waals surface area contributed by atoms with E-state index in [9.17, 15) is 0 Å². The van der Waals surface area contributed by atoms with E-state index in [4.69, 9.17) is 0 Å². The van der Waals surface area contributed by atoms with E-state index in [1.54, 1.807) is 0 Å². The molecule has 0 aliphatic heterocycles. The zero-order valence-corrected chi connectivity index (χ0v) is 35.6. The van der Waals surface area contributed by atoms with Crippen LogP contribution in [0.15, 0.2) is 255 Å². The number of fused-ring (bicyclic) bond motifs is 8. The van der Waals surface area contributed by atoms with Gasteiger partial charge in [0, 0.05) is 33.5 Å². The normalized spacial score (nSPS) is 12.7. The lowest BCUT2D eigenvalue weighted by Gasteiger charge is -2.35. The molecule has 0 spiro atoms. The van der Waals surface area contributed by atoms with Crippen molar-refractivity contribution >= 4 is 60.4 Å². The van der Waals surface area contributed by atoms with Crippen LogP contribution in [0, 0.1) is 0 Å². The second-order valence-electron chi connectivity index (χ2n) is 17.3. The van der Waals surface area contributed by atoms with E-state index in [-0.39, 0.29) is 0 Å². The molecule has 12 aromatic rings. The number of hydrogen-bond acceptors (Lipinski definition) is 1. The average molecular weight is 827 g/mol. The molecule has 0 amide bonds. The van der Waals surface area contributed by atoms with Gasteiger partial charge in [0.2, 0.25) is 0 Å². The van der Waals surface area contributed by atoms with Gasteiger partial charge in [-0.05, 0) is 145 Å². The van der Waals surface area contributed by atoms with E-state index in [2.05, 4.69) is 264 Å². The van der Waals surface area contributed by atoms with Crippen molar-refractivity contribution in [3.63, 3.8) is 0 Å². The molecule has 1 aliphatic carbocycles. The van der Waals surface area contributed by atoms with Crippen molar-refractivity contribution in [1.29, 1.82) is 0 Å². The highest BCUT2D eigenvalue weighted by Gasteiger charge is 2.46. The van der Waals surface area contributed by atoms with E-state index >= 15 is 0 Å². The summed E-state index contributed by atoms with van der Waals surface area (Å²) in [4.78, 5) is 2.44. The number of benzene rings is 11. The second-order valence-corrected chi connectivity index (χ2v) is 17.3.